The first-order valence-corrected chi connectivity index (χ1v) is 7.26. The predicted octanol–water partition coefficient (Wildman–Crippen LogP) is 1.92. The molecule has 5 heteroatoms. The highest BCUT2D eigenvalue weighted by Gasteiger charge is 2.19. The van der Waals surface area contributed by atoms with Gasteiger partial charge < -0.3 is 9.64 Å². The van der Waals surface area contributed by atoms with E-state index in [4.69, 9.17) is 0 Å². The number of carbonyl (C=O) groups excluding carboxylic acids is 2. The molecule has 0 spiro atoms. The fourth-order valence-electron chi connectivity index (χ4n) is 2.16. The van der Waals surface area contributed by atoms with E-state index in [9.17, 15) is 9.59 Å². The van der Waals surface area contributed by atoms with Crippen LogP contribution in [0.1, 0.15) is 20.3 Å². The fourth-order valence-corrected chi connectivity index (χ4v) is 2.16. The monoisotopic (exact) mass is 292 g/mol. The van der Waals surface area contributed by atoms with Crippen molar-refractivity contribution in [2.45, 2.75) is 20.3 Å². The molecule has 1 amide bonds. The van der Waals surface area contributed by atoms with Crippen molar-refractivity contribution >= 4 is 17.6 Å². The molecule has 0 N–H and O–H groups in total. The van der Waals surface area contributed by atoms with Crippen LogP contribution in [-0.2, 0) is 14.3 Å². The molecule has 0 radical (unpaired) electrons. The summed E-state index contributed by atoms with van der Waals surface area (Å²) in [5, 5.41) is 0. The minimum atomic E-state index is -0.320. The molecule has 1 rings (SSSR count). The van der Waals surface area contributed by atoms with Gasteiger partial charge in [-0.3, -0.25) is 14.5 Å². The molecular formula is C16H24N2O3. The van der Waals surface area contributed by atoms with Gasteiger partial charge in [-0.25, -0.2) is 0 Å². The van der Waals surface area contributed by atoms with E-state index in [0.717, 1.165) is 12.1 Å². The maximum atomic E-state index is 12.5. The number of esters is 1. The molecule has 0 aromatic heterocycles. The molecule has 0 aliphatic carbocycles. The van der Waals surface area contributed by atoms with Gasteiger partial charge in [0.15, 0.2) is 0 Å². The number of hydrogen-bond acceptors (Lipinski definition) is 4. The smallest absolute Gasteiger partial charge is 0.319 e. The van der Waals surface area contributed by atoms with E-state index in [1.165, 1.54) is 7.11 Å². The second-order valence-electron chi connectivity index (χ2n) is 4.76. The first kappa shape index (κ1) is 17.2. The average molecular weight is 292 g/mol. The Morgan fingerprint density at radius 3 is 2.29 bits per heavy atom. The number of likely N-dealkylation sites (N-methyl/N-ethyl adjacent to an activating group) is 1. The zero-order valence-corrected chi connectivity index (χ0v) is 13.0. The van der Waals surface area contributed by atoms with Gasteiger partial charge in [0.25, 0.3) is 0 Å². The number of amides is 1. The molecule has 1 aromatic carbocycles. The van der Waals surface area contributed by atoms with E-state index in [1.807, 2.05) is 49.1 Å². The quantitative estimate of drug-likeness (QED) is 0.687. The Morgan fingerprint density at radius 2 is 1.76 bits per heavy atom. The van der Waals surface area contributed by atoms with Crippen LogP contribution in [-0.4, -0.2) is 50.1 Å². The van der Waals surface area contributed by atoms with Crippen LogP contribution in [0.15, 0.2) is 30.3 Å². The number of carbonyl (C=O) groups is 2. The van der Waals surface area contributed by atoms with Gasteiger partial charge in [0.1, 0.15) is 0 Å². The van der Waals surface area contributed by atoms with E-state index >= 15 is 0 Å². The van der Waals surface area contributed by atoms with Crippen molar-refractivity contribution in [2.75, 3.05) is 38.2 Å². The molecule has 116 valence electrons. The molecule has 21 heavy (non-hydrogen) atoms. The summed E-state index contributed by atoms with van der Waals surface area (Å²) < 4.78 is 4.67. The Morgan fingerprint density at radius 1 is 1.10 bits per heavy atom. The van der Waals surface area contributed by atoms with Crippen LogP contribution in [0.25, 0.3) is 0 Å². The molecular weight excluding hydrogens is 268 g/mol. The van der Waals surface area contributed by atoms with Crippen molar-refractivity contribution in [3.05, 3.63) is 30.3 Å². The van der Waals surface area contributed by atoms with E-state index < -0.39 is 0 Å². The number of anilines is 1. The summed E-state index contributed by atoms with van der Waals surface area (Å²) >= 11 is 0. The van der Waals surface area contributed by atoms with E-state index in [-0.39, 0.29) is 25.0 Å². The van der Waals surface area contributed by atoms with Gasteiger partial charge in [-0.2, -0.15) is 0 Å². The van der Waals surface area contributed by atoms with E-state index in [0.29, 0.717) is 13.1 Å². The molecule has 0 saturated carbocycles. The number of rotatable bonds is 8. The molecule has 0 fully saturated rings. The lowest BCUT2D eigenvalue weighted by molar-refractivity contribution is -0.142. The zero-order valence-electron chi connectivity index (χ0n) is 13.0. The topological polar surface area (TPSA) is 49.9 Å². The molecule has 0 heterocycles. The van der Waals surface area contributed by atoms with Crippen LogP contribution < -0.4 is 4.90 Å². The average Bonchev–Trinajstić information content (AvgIpc) is 2.49. The summed E-state index contributed by atoms with van der Waals surface area (Å²) in [4.78, 5) is 27.4. The SMILES string of the molecule is CCCN(CC(=O)OC)CC(=O)N(CC)c1ccccc1. The van der Waals surface area contributed by atoms with Crippen molar-refractivity contribution in [3.63, 3.8) is 0 Å². The lowest BCUT2D eigenvalue weighted by Gasteiger charge is -2.26. The first-order chi connectivity index (χ1) is 10.1. The number of nitrogens with zero attached hydrogens (tertiary/aromatic N) is 2. The second-order valence-corrected chi connectivity index (χ2v) is 4.76. The Balaban J connectivity index is 2.72. The molecule has 5 nitrogen and oxygen atoms in total. The van der Waals surface area contributed by atoms with E-state index in [1.54, 1.807) is 4.90 Å². The van der Waals surface area contributed by atoms with Gasteiger partial charge >= 0.3 is 5.97 Å². The molecule has 0 unspecified atom stereocenters. The molecule has 1 aromatic rings. The molecule has 0 aliphatic heterocycles. The summed E-state index contributed by atoms with van der Waals surface area (Å²) in [5.74, 6) is -0.333. The maximum Gasteiger partial charge on any atom is 0.319 e. The van der Waals surface area contributed by atoms with Crippen LogP contribution >= 0.6 is 0 Å². The minimum absolute atomic E-state index is 0.0129. The number of hydrogen-bond donors (Lipinski definition) is 0. The fraction of sp³-hybridized carbons (Fsp3) is 0.500. The van der Waals surface area contributed by atoms with Crippen molar-refractivity contribution in [3.8, 4) is 0 Å². The maximum absolute atomic E-state index is 12.5. The standard InChI is InChI=1S/C16H24N2O3/c1-4-11-17(13-16(20)21-3)12-15(19)18(5-2)14-9-7-6-8-10-14/h6-10H,4-5,11-13H2,1-3H3. The summed E-state index contributed by atoms with van der Waals surface area (Å²) in [6, 6.07) is 9.55. The molecule has 0 aliphatic rings. The molecule has 0 bridgehead atoms. The third-order valence-electron chi connectivity index (χ3n) is 3.16. The van der Waals surface area contributed by atoms with Crippen LogP contribution in [0.2, 0.25) is 0 Å². The van der Waals surface area contributed by atoms with Crippen LogP contribution in [0.3, 0.4) is 0 Å². The lowest BCUT2D eigenvalue weighted by Crippen LogP contribution is -2.42. The summed E-state index contributed by atoms with van der Waals surface area (Å²) in [7, 11) is 1.36. The Kier molecular flexibility index (Phi) is 7.46. The Bertz CT molecular complexity index is 448. The molecule has 0 atom stereocenters. The first-order valence-electron chi connectivity index (χ1n) is 7.26. The third-order valence-corrected chi connectivity index (χ3v) is 3.16. The Hall–Kier alpha value is -1.88. The highest BCUT2D eigenvalue weighted by molar-refractivity contribution is 5.94. The van der Waals surface area contributed by atoms with Crippen molar-refractivity contribution in [1.82, 2.24) is 4.90 Å². The summed E-state index contributed by atoms with van der Waals surface area (Å²) in [5.41, 5.74) is 0.875. The second kappa shape index (κ2) is 9.13. The normalized spacial score (nSPS) is 10.5. The van der Waals surface area contributed by atoms with Crippen molar-refractivity contribution in [2.24, 2.45) is 0 Å². The van der Waals surface area contributed by atoms with Gasteiger partial charge in [0, 0.05) is 12.2 Å². The zero-order chi connectivity index (χ0) is 15.7. The van der Waals surface area contributed by atoms with Crippen molar-refractivity contribution < 1.29 is 14.3 Å². The minimum Gasteiger partial charge on any atom is -0.468 e. The lowest BCUT2D eigenvalue weighted by atomic mass is 10.2. The highest BCUT2D eigenvalue weighted by atomic mass is 16.5. The van der Waals surface area contributed by atoms with Crippen molar-refractivity contribution in [1.29, 1.82) is 0 Å². The largest absolute Gasteiger partial charge is 0.468 e. The van der Waals surface area contributed by atoms with Gasteiger partial charge in [-0.15, -0.1) is 0 Å². The van der Waals surface area contributed by atoms with Gasteiger partial charge in [0.2, 0.25) is 5.91 Å². The van der Waals surface area contributed by atoms with Crippen LogP contribution in [0.4, 0.5) is 5.69 Å². The summed E-state index contributed by atoms with van der Waals surface area (Å²) in [6.45, 7) is 5.60. The van der Waals surface area contributed by atoms with Gasteiger partial charge in [-0.1, -0.05) is 25.1 Å². The van der Waals surface area contributed by atoms with Gasteiger partial charge in [0.05, 0.1) is 20.2 Å². The highest BCUT2D eigenvalue weighted by Crippen LogP contribution is 2.13. The predicted molar refractivity (Wildman–Crippen MR) is 83.2 cm³/mol. The number of ether oxygens (including phenoxy) is 1. The number of para-hydroxylation sites is 1. The number of methoxy groups -OCH3 is 1. The van der Waals surface area contributed by atoms with Crippen LogP contribution in [0, 0.1) is 0 Å². The summed E-state index contributed by atoms with van der Waals surface area (Å²) in [6.07, 6.45) is 0.877. The van der Waals surface area contributed by atoms with Gasteiger partial charge in [-0.05, 0) is 32.0 Å². The molecule has 0 saturated heterocycles. The van der Waals surface area contributed by atoms with Crippen LogP contribution in [0.5, 0.6) is 0 Å². The van der Waals surface area contributed by atoms with E-state index in [2.05, 4.69) is 4.74 Å². The Labute approximate surface area is 126 Å². The number of benzene rings is 1. The third kappa shape index (κ3) is 5.55.